The zero-order valence-electron chi connectivity index (χ0n) is 15.5. The first kappa shape index (κ1) is 19.1. The molecule has 0 saturated carbocycles. The van der Waals surface area contributed by atoms with Crippen molar-refractivity contribution < 1.29 is 9.53 Å². The molecule has 2 rings (SSSR count). The molecule has 1 fully saturated rings. The molecule has 1 amide bonds. The lowest BCUT2D eigenvalue weighted by Crippen LogP contribution is -2.45. The van der Waals surface area contributed by atoms with Crippen LogP contribution in [0.15, 0.2) is 29.3 Å². The van der Waals surface area contributed by atoms with Crippen molar-refractivity contribution in [2.75, 3.05) is 33.8 Å². The van der Waals surface area contributed by atoms with Crippen LogP contribution in [-0.2, 0) is 11.3 Å². The molecule has 0 spiro atoms. The highest BCUT2D eigenvalue weighted by Gasteiger charge is 2.23. The number of aliphatic imine (C=N–C) groups is 1. The number of guanidine groups is 1. The fourth-order valence-corrected chi connectivity index (χ4v) is 3.17. The Kier molecular flexibility index (Phi) is 7.57. The first-order chi connectivity index (χ1) is 12.2. The Hall–Kier alpha value is -2.24. The van der Waals surface area contributed by atoms with Gasteiger partial charge >= 0.3 is 0 Å². The molecule has 0 radical (unpaired) electrons. The third kappa shape index (κ3) is 5.66. The van der Waals surface area contributed by atoms with E-state index in [1.54, 1.807) is 7.05 Å². The van der Waals surface area contributed by atoms with Crippen LogP contribution in [0.3, 0.4) is 0 Å². The number of carbonyl (C=O) groups is 1. The third-order valence-corrected chi connectivity index (χ3v) is 4.59. The number of hydrogen-bond acceptors (Lipinski definition) is 3. The van der Waals surface area contributed by atoms with E-state index in [1.165, 1.54) is 0 Å². The number of likely N-dealkylation sites (tertiary alicyclic amines) is 1. The van der Waals surface area contributed by atoms with Gasteiger partial charge in [-0.3, -0.25) is 9.79 Å². The minimum atomic E-state index is 0.133. The number of nitrogens with zero attached hydrogens (tertiary/aromatic N) is 2. The lowest BCUT2D eigenvalue weighted by molar-refractivity contribution is -0.121. The predicted molar refractivity (Wildman–Crippen MR) is 101 cm³/mol. The first-order valence-corrected chi connectivity index (χ1v) is 9.04. The summed E-state index contributed by atoms with van der Waals surface area (Å²) < 4.78 is 5.68. The molecule has 2 N–H and O–H groups in total. The van der Waals surface area contributed by atoms with E-state index in [-0.39, 0.29) is 5.91 Å². The van der Waals surface area contributed by atoms with Crippen LogP contribution < -0.4 is 15.4 Å². The number of nitrogens with one attached hydrogen (secondary N) is 2. The van der Waals surface area contributed by atoms with Crippen molar-refractivity contribution >= 4 is 11.9 Å². The summed E-state index contributed by atoms with van der Waals surface area (Å²) >= 11 is 0. The summed E-state index contributed by atoms with van der Waals surface area (Å²) in [6, 6.07) is 8.07. The van der Waals surface area contributed by atoms with Crippen LogP contribution in [0.4, 0.5) is 0 Å². The van der Waals surface area contributed by atoms with Crippen LogP contribution in [0.5, 0.6) is 5.75 Å². The topological polar surface area (TPSA) is 66.0 Å². The molecule has 6 nitrogen and oxygen atoms in total. The summed E-state index contributed by atoms with van der Waals surface area (Å²) in [5.74, 6) is 2.42. The SMILES string of the molecule is CCOc1ccccc1CNC(=NC)N1CCC(CC(=O)NC)CC1. The molecule has 1 aromatic rings. The summed E-state index contributed by atoms with van der Waals surface area (Å²) in [7, 11) is 3.51. The highest BCUT2D eigenvalue weighted by atomic mass is 16.5. The Bertz CT molecular complexity index is 581. The first-order valence-electron chi connectivity index (χ1n) is 9.04. The normalized spacial score (nSPS) is 15.8. The second-order valence-corrected chi connectivity index (χ2v) is 6.25. The van der Waals surface area contributed by atoms with Gasteiger partial charge in [-0.15, -0.1) is 0 Å². The number of rotatable bonds is 6. The van der Waals surface area contributed by atoms with Crippen molar-refractivity contribution in [1.29, 1.82) is 0 Å². The molecule has 0 atom stereocenters. The number of hydrogen-bond donors (Lipinski definition) is 2. The van der Waals surface area contributed by atoms with E-state index in [4.69, 9.17) is 4.74 Å². The van der Waals surface area contributed by atoms with E-state index in [0.29, 0.717) is 25.5 Å². The highest BCUT2D eigenvalue weighted by Crippen LogP contribution is 2.21. The predicted octanol–water partition coefficient (Wildman–Crippen LogP) is 2.01. The zero-order valence-corrected chi connectivity index (χ0v) is 15.5. The van der Waals surface area contributed by atoms with E-state index in [1.807, 2.05) is 32.2 Å². The molecular weight excluding hydrogens is 316 g/mol. The lowest BCUT2D eigenvalue weighted by atomic mass is 9.93. The number of amides is 1. The quantitative estimate of drug-likeness (QED) is 0.611. The van der Waals surface area contributed by atoms with Gasteiger partial charge in [0.1, 0.15) is 5.75 Å². The zero-order chi connectivity index (χ0) is 18.1. The summed E-state index contributed by atoms with van der Waals surface area (Å²) in [5, 5.41) is 6.15. The average Bonchev–Trinajstić information content (AvgIpc) is 2.65. The maximum atomic E-state index is 11.5. The van der Waals surface area contributed by atoms with Gasteiger partial charge in [0.25, 0.3) is 0 Å². The Labute approximate surface area is 150 Å². The summed E-state index contributed by atoms with van der Waals surface area (Å²) in [6.07, 6.45) is 2.66. The van der Waals surface area contributed by atoms with Gasteiger partial charge < -0.3 is 20.3 Å². The van der Waals surface area contributed by atoms with Crippen LogP contribution in [0.2, 0.25) is 0 Å². The monoisotopic (exact) mass is 346 g/mol. The lowest BCUT2D eigenvalue weighted by Gasteiger charge is -2.34. The molecule has 25 heavy (non-hydrogen) atoms. The van der Waals surface area contributed by atoms with Crippen LogP contribution in [0, 0.1) is 5.92 Å². The van der Waals surface area contributed by atoms with E-state index in [9.17, 15) is 4.79 Å². The third-order valence-electron chi connectivity index (χ3n) is 4.59. The summed E-state index contributed by atoms with van der Waals surface area (Å²) in [6.45, 7) is 5.18. The second-order valence-electron chi connectivity index (χ2n) is 6.25. The van der Waals surface area contributed by atoms with E-state index >= 15 is 0 Å². The number of piperidine rings is 1. The molecule has 1 aromatic carbocycles. The minimum Gasteiger partial charge on any atom is -0.494 e. The molecule has 0 bridgehead atoms. The Balaban J connectivity index is 1.87. The Morgan fingerprint density at radius 1 is 1.32 bits per heavy atom. The molecule has 1 heterocycles. The molecule has 0 aromatic heterocycles. The second kappa shape index (κ2) is 9.91. The van der Waals surface area contributed by atoms with Gasteiger partial charge in [-0.2, -0.15) is 0 Å². The number of benzene rings is 1. The standard InChI is InChI=1S/C19H30N4O2/c1-4-25-17-8-6-5-7-16(17)14-22-19(21-3)23-11-9-15(10-12-23)13-18(24)20-2/h5-8,15H,4,9-14H2,1-3H3,(H,20,24)(H,21,22). The smallest absolute Gasteiger partial charge is 0.220 e. The van der Waals surface area contributed by atoms with Crippen molar-refractivity contribution in [3.8, 4) is 5.75 Å². The number of ether oxygens (including phenoxy) is 1. The van der Waals surface area contributed by atoms with Crippen LogP contribution in [0.1, 0.15) is 31.7 Å². The van der Waals surface area contributed by atoms with Crippen LogP contribution in [-0.4, -0.2) is 50.6 Å². The molecule has 1 aliphatic rings. The minimum absolute atomic E-state index is 0.133. The molecular formula is C19H30N4O2. The van der Waals surface area contributed by atoms with Gasteiger partial charge in [-0.1, -0.05) is 18.2 Å². The van der Waals surface area contributed by atoms with Crippen LogP contribution in [0.25, 0.3) is 0 Å². The van der Waals surface area contributed by atoms with Gasteiger partial charge in [0.15, 0.2) is 5.96 Å². The molecule has 6 heteroatoms. The fourth-order valence-electron chi connectivity index (χ4n) is 3.17. The maximum absolute atomic E-state index is 11.5. The van der Waals surface area contributed by atoms with Gasteiger partial charge in [-0.05, 0) is 31.7 Å². The number of carbonyl (C=O) groups excluding carboxylic acids is 1. The maximum Gasteiger partial charge on any atom is 0.220 e. The van der Waals surface area contributed by atoms with E-state index < -0.39 is 0 Å². The molecule has 1 aliphatic heterocycles. The molecule has 1 saturated heterocycles. The van der Waals surface area contributed by atoms with Crippen molar-refractivity contribution in [2.45, 2.75) is 32.7 Å². The molecule has 138 valence electrons. The summed E-state index contributed by atoms with van der Waals surface area (Å²) in [5.41, 5.74) is 1.13. The Morgan fingerprint density at radius 3 is 2.68 bits per heavy atom. The average molecular weight is 346 g/mol. The van der Waals surface area contributed by atoms with Crippen molar-refractivity contribution in [2.24, 2.45) is 10.9 Å². The van der Waals surface area contributed by atoms with E-state index in [2.05, 4.69) is 26.6 Å². The highest BCUT2D eigenvalue weighted by molar-refractivity contribution is 5.80. The Morgan fingerprint density at radius 2 is 2.04 bits per heavy atom. The van der Waals surface area contributed by atoms with Gasteiger partial charge in [0.05, 0.1) is 6.61 Å². The number of para-hydroxylation sites is 1. The van der Waals surface area contributed by atoms with Gasteiger partial charge in [-0.25, -0.2) is 0 Å². The largest absolute Gasteiger partial charge is 0.494 e. The van der Waals surface area contributed by atoms with Crippen molar-refractivity contribution in [1.82, 2.24) is 15.5 Å². The van der Waals surface area contributed by atoms with Gasteiger partial charge in [0.2, 0.25) is 5.91 Å². The molecule has 0 aliphatic carbocycles. The molecule has 0 unspecified atom stereocenters. The van der Waals surface area contributed by atoms with Gasteiger partial charge in [0, 0.05) is 45.7 Å². The fraction of sp³-hybridized carbons (Fsp3) is 0.579. The van der Waals surface area contributed by atoms with Crippen molar-refractivity contribution in [3.63, 3.8) is 0 Å². The van der Waals surface area contributed by atoms with Crippen LogP contribution >= 0.6 is 0 Å². The van der Waals surface area contributed by atoms with Crippen molar-refractivity contribution in [3.05, 3.63) is 29.8 Å². The van der Waals surface area contributed by atoms with E-state index in [0.717, 1.165) is 43.2 Å². The summed E-state index contributed by atoms with van der Waals surface area (Å²) in [4.78, 5) is 18.2.